The van der Waals surface area contributed by atoms with Crippen LogP contribution >= 0.6 is 23.2 Å². The van der Waals surface area contributed by atoms with E-state index in [1.54, 1.807) is 18.3 Å². The third-order valence-electron chi connectivity index (χ3n) is 1.97. The van der Waals surface area contributed by atoms with Crippen LogP contribution in [0.1, 0.15) is 5.56 Å². The molecule has 1 aromatic carbocycles. The molecule has 0 saturated carbocycles. The molecule has 1 aromatic heterocycles. The third-order valence-corrected chi connectivity index (χ3v) is 2.44. The van der Waals surface area contributed by atoms with E-state index < -0.39 is 0 Å². The van der Waals surface area contributed by atoms with Gasteiger partial charge in [-0.05, 0) is 23.8 Å². The maximum absolute atomic E-state index is 5.86. The highest BCUT2D eigenvalue weighted by atomic mass is 35.5. The molecule has 0 unspecified atom stereocenters. The SMILES string of the molecule is Clc1cccc(COc2cc(Cl)ccn2)c1. The Balaban J connectivity index is 2.02. The molecule has 0 N–H and O–H groups in total. The Bertz CT molecular complexity index is 442. The van der Waals surface area contributed by atoms with Crippen molar-refractivity contribution in [2.24, 2.45) is 0 Å². The van der Waals surface area contributed by atoms with Crippen LogP contribution in [-0.2, 0) is 6.61 Å². The molecule has 2 aromatic rings. The Morgan fingerprint density at radius 1 is 1.06 bits per heavy atom. The van der Waals surface area contributed by atoms with E-state index in [2.05, 4.69) is 4.98 Å². The van der Waals surface area contributed by atoms with Gasteiger partial charge in [0.15, 0.2) is 0 Å². The normalized spacial score (nSPS) is 10.1. The number of rotatable bonds is 3. The van der Waals surface area contributed by atoms with Gasteiger partial charge in [0, 0.05) is 22.3 Å². The van der Waals surface area contributed by atoms with Crippen LogP contribution in [0.4, 0.5) is 0 Å². The first-order valence-corrected chi connectivity index (χ1v) is 5.48. The molecule has 1 heterocycles. The van der Waals surface area contributed by atoms with Gasteiger partial charge < -0.3 is 4.74 Å². The molecule has 0 radical (unpaired) electrons. The smallest absolute Gasteiger partial charge is 0.215 e. The van der Waals surface area contributed by atoms with Crippen LogP contribution in [0.2, 0.25) is 10.0 Å². The molecular formula is C12H9Cl2NO. The van der Waals surface area contributed by atoms with Crippen molar-refractivity contribution in [2.75, 3.05) is 0 Å². The fourth-order valence-electron chi connectivity index (χ4n) is 1.25. The van der Waals surface area contributed by atoms with Crippen LogP contribution in [0.3, 0.4) is 0 Å². The van der Waals surface area contributed by atoms with Crippen molar-refractivity contribution in [3.8, 4) is 5.88 Å². The van der Waals surface area contributed by atoms with Crippen LogP contribution in [0.15, 0.2) is 42.6 Å². The number of benzene rings is 1. The molecule has 0 amide bonds. The minimum atomic E-state index is 0.425. The van der Waals surface area contributed by atoms with Crippen molar-refractivity contribution in [3.63, 3.8) is 0 Å². The lowest BCUT2D eigenvalue weighted by molar-refractivity contribution is 0.294. The second-order valence-electron chi connectivity index (χ2n) is 3.23. The molecule has 16 heavy (non-hydrogen) atoms. The summed E-state index contributed by atoms with van der Waals surface area (Å²) in [5.41, 5.74) is 0.995. The van der Waals surface area contributed by atoms with E-state index in [9.17, 15) is 0 Å². The van der Waals surface area contributed by atoms with Crippen LogP contribution in [0.25, 0.3) is 0 Å². The summed E-state index contributed by atoms with van der Waals surface area (Å²) in [5, 5.41) is 1.30. The van der Waals surface area contributed by atoms with Crippen molar-refractivity contribution in [2.45, 2.75) is 6.61 Å². The molecule has 0 aliphatic carbocycles. The molecule has 4 heteroatoms. The van der Waals surface area contributed by atoms with Crippen LogP contribution < -0.4 is 4.74 Å². The van der Waals surface area contributed by atoms with Gasteiger partial charge in [-0.15, -0.1) is 0 Å². The first-order chi connectivity index (χ1) is 7.74. The van der Waals surface area contributed by atoms with Crippen molar-refractivity contribution in [1.29, 1.82) is 0 Å². The quantitative estimate of drug-likeness (QED) is 0.826. The molecule has 0 atom stereocenters. The van der Waals surface area contributed by atoms with Gasteiger partial charge in [0.25, 0.3) is 0 Å². The predicted octanol–water partition coefficient (Wildman–Crippen LogP) is 3.97. The van der Waals surface area contributed by atoms with Gasteiger partial charge in [-0.2, -0.15) is 0 Å². The van der Waals surface area contributed by atoms with Crippen molar-refractivity contribution in [3.05, 3.63) is 58.2 Å². The highest BCUT2D eigenvalue weighted by Crippen LogP contribution is 2.16. The largest absolute Gasteiger partial charge is 0.473 e. The van der Waals surface area contributed by atoms with Gasteiger partial charge in [0.05, 0.1) is 0 Å². The molecule has 0 bridgehead atoms. The summed E-state index contributed by atoms with van der Waals surface area (Å²) < 4.78 is 5.47. The van der Waals surface area contributed by atoms with Gasteiger partial charge in [-0.3, -0.25) is 0 Å². The minimum absolute atomic E-state index is 0.425. The average molecular weight is 254 g/mol. The van der Waals surface area contributed by atoms with E-state index in [1.807, 2.05) is 24.3 Å². The number of ether oxygens (including phenoxy) is 1. The molecule has 0 fully saturated rings. The summed E-state index contributed by atoms with van der Waals surface area (Å²) in [7, 11) is 0. The van der Waals surface area contributed by atoms with Gasteiger partial charge >= 0.3 is 0 Å². The number of hydrogen-bond donors (Lipinski definition) is 0. The van der Waals surface area contributed by atoms with Crippen molar-refractivity contribution >= 4 is 23.2 Å². The molecule has 0 aliphatic rings. The van der Waals surface area contributed by atoms with Crippen LogP contribution in [0.5, 0.6) is 5.88 Å². The van der Waals surface area contributed by atoms with E-state index in [-0.39, 0.29) is 0 Å². The van der Waals surface area contributed by atoms with Gasteiger partial charge in [-0.25, -0.2) is 4.98 Å². The van der Waals surface area contributed by atoms with Crippen LogP contribution in [0, 0.1) is 0 Å². The maximum atomic E-state index is 5.86. The Morgan fingerprint density at radius 2 is 1.88 bits per heavy atom. The lowest BCUT2D eigenvalue weighted by atomic mass is 10.2. The van der Waals surface area contributed by atoms with Crippen LogP contribution in [-0.4, -0.2) is 4.98 Å². The Hall–Kier alpha value is -1.25. The summed E-state index contributed by atoms with van der Waals surface area (Å²) >= 11 is 11.7. The predicted molar refractivity (Wildman–Crippen MR) is 65.0 cm³/mol. The zero-order valence-electron chi connectivity index (χ0n) is 8.36. The molecule has 82 valence electrons. The zero-order valence-corrected chi connectivity index (χ0v) is 9.87. The summed E-state index contributed by atoms with van der Waals surface area (Å²) in [5.74, 6) is 0.507. The van der Waals surface area contributed by atoms with E-state index in [4.69, 9.17) is 27.9 Å². The highest BCUT2D eigenvalue weighted by Gasteiger charge is 1.98. The van der Waals surface area contributed by atoms with E-state index in [0.29, 0.717) is 22.5 Å². The lowest BCUT2D eigenvalue weighted by Crippen LogP contribution is -1.96. The number of pyridine rings is 1. The Labute approximate surface area is 104 Å². The topological polar surface area (TPSA) is 22.1 Å². The summed E-state index contributed by atoms with van der Waals surface area (Å²) in [6, 6.07) is 10.9. The molecule has 2 nitrogen and oxygen atoms in total. The van der Waals surface area contributed by atoms with E-state index >= 15 is 0 Å². The molecule has 2 rings (SSSR count). The molecule has 0 spiro atoms. The van der Waals surface area contributed by atoms with Gasteiger partial charge in [0.2, 0.25) is 5.88 Å². The second kappa shape index (κ2) is 5.19. The first kappa shape index (κ1) is 11.2. The molecule has 0 aliphatic heterocycles. The monoisotopic (exact) mass is 253 g/mol. The second-order valence-corrected chi connectivity index (χ2v) is 4.10. The Morgan fingerprint density at radius 3 is 2.62 bits per heavy atom. The number of hydrogen-bond acceptors (Lipinski definition) is 2. The Kier molecular flexibility index (Phi) is 3.65. The summed E-state index contributed by atoms with van der Waals surface area (Å²) in [4.78, 5) is 4.04. The van der Waals surface area contributed by atoms with E-state index in [1.165, 1.54) is 0 Å². The minimum Gasteiger partial charge on any atom is -0.473 e. The summed E-state index contributed by atoms with van der Waals surface area (Å²) in [6.45, 7) is 0.425. The van der Waals surface area contributed by atoms with Crippen molar-refractivity contribution in [1.82, 2.24) is 4.98 Å². The molecule has 0 saturated heterocycles. The van der Waals surface area contributed by atoms with Gasteiger partial charge in [0.1, 0.15) is 6.61 Å². The number of aromatic nitrogens is 1. The fourth-order valence-corrected chi connectivity index (χ4v) is 1.61. The highest BCUT2D eigenvalue weighted by molar-refractivity contribution is 6.30. The summed E-state index contributed by atoms with van der Waals surface area (Å²) in [6.07, 6.45) is 1.61. The van der Waals surface area contributed by atoms with E-state index in [0.717, 1.165) is 5.56 Å². The standard InChI is InChI=1S/C12H9Cl2NO/c13-10-3-1-2-9(6-10)8-16-12-7-11(14)4-5-15-12/h1-7H,8H2. The van der Waals surface area contributed by atoms with Crippen molar-refractivity contribution < 1.29 is 4.74 Å². The first-order valence-electron chi connectivity index (χ1n) is 4.73. The lowest BCUT2D eigenvalue weighted by Gasteiger charge is -2.05. The number of halogens is 2. The maximum Gasteiger partial charge on any atom is 0.215 e. The fraction of sp³-hybridized carbons (Fsp3) is 0.0833. The van der Waals surface area contributed by atoms with Gasteiger partial charge in [-0.1, -0.05) is 35.3 Å². The average Bonchev–Trinajstić information content (AvgIpc) is 2.27. The number of nitrogens with zero attached hydrogens (tertiary/aromatic N) is 1. The zero-order chi connectivity index (χ0) is 11.4. The molecular weight excluding hydrogens is 245 g/mol. The third kappa shape index (κ3) is 3.12.